The lowest BCUT2D eigenvalue weighted by molar-refractivity contribution is -0.968. The molecule has 0 saturated carbocycles. The van der Waals surface area contributed by atoms with Gasteiger partial charge in [-0.1, -0.05) is 83.3 Å². The van der Waals surface area contributed by atoms with E-state index in [2.05, 4.69) is 19.1 Å². The average Bonchev–Trinajstić information content (AvgIpc) is 2.84. The molecule has 0 fully saturated rings. The molecule has 0 rings (SSSR count). The number of hydrogen-bond donors (Lipinski definition) is 3. The summed E-state index contributed by atoms with van der Waals surface area (Å²) < 4.78 is -0.478. The van der Waals surface area contributed by atoms with Crippen LogP contribution in [0.1, 0.15) is 130 Å². The standard InChI is InChI=1S/C29H53NO6/c1-5-6-7-8-9-10-11-12-13-14-15-16-17-18-19-20-21-22-23-30(24(2)27(31)32,25(3)28(33)34)26(4)29(35)36/h10-11,24-26H,5-9,12-23H2,1-4H3,(H2-,31,32,33,34,35,36)/p+1/b11-10+. The van der Waals surface area contributed by atoms with Crippen molar-refractivity contribution in [3.05, 3.63) is 12.2 Å². The van der Waals surface area contributed by atoms with Crippen LogP contribution in [0.3, 0.4) is 0 Å². The lowest BCUT2D eigenvalue weighted by Crippen LogP contribution is -2.70. The first-order valence-electron chi connectivity index (χ1n) is 14.3. The smallest absolute Gasteiger partial charge is 0.362 e. The molecular weight excluding hydrogens is 458 g/mol. The topological polar surface area (TPSA) is 112 Å². The minimum atomic E-state index is -1.17. The molecule has 210 valence electrons. The Morgan fingerprint density at radius 2 is 0.861 bits per heavy atom. The van der Waals surface area contributed by atoms with E-state index in [9.17, 15) is 29.7 Å². The van der Waals surface area contributed by atoms with Crippen LogP contribution in [0.25, 0.3) is 0 Å². The second-order valence-electron chi connectivity index (χ2n) is 10.4. The van der Waals surface area contributed by atoms with Gasteiger partial charge in [0.25, 0.3) is 0 Å². The largest absolute Gasteiger partial charge is 0.477 e. The molecule has 0 aromatic carbocycles. The molecule has 7 heteroatoms. The van der Waals surface area contributed by atoms with Crippen molar-refractivity contribution in [1.82, 2.24) is 0 Å². The second-order valence-corrected chi connectivity index (χ2v) is 10.4. The molecular formula is C29H54NO6+. The van der Waals surface area contributed by atoms with E-state index >= 15 is 0 Å². The number of nitrogens with zero attached hydrogens (tertiary/aromatic N) is 1. The lowest BCUT2D eigenvalue weighted by Gasteiger charge is -2.47. The van der Waals surface area contributed by atoms with Gasteiger partial charge in [-0.2, -0.15) is 0 Å². The first kappa shape index (κ1) is 34.1. The first-order valence-corrected chi connectivity index (χ1v) is 14.3. The summed E-state index contributed by atoms with van der Waals surface area (Å²) in [7, 11) is 0. The molecule has 0 radical (unpaired) electrons. The van der Waals surface area contributed by atoms with Gasteiger partial charge in [0.1, 0.15) is 0 Å². The summed E-state index contributed by atoms with van der Waals surface area (Å²) in [5.41, 5.74) is 0. The quantitative estimate of drug-likeness (QED) is 0.0726. The van der Waals surface area contributed by atoms with Gasteiger partial charge < -0.3 is 15.3 Å². The van der Waals surface area contributed by atoms with Gasteiger partial charge in [-0.25, -0.2) is 14.4 Å². The fraction of sp³-hybridized carbons (Fsp3) is 0.828. The van der Waals surface area contributed by atoms with E-state index in [-0.39, 0.29) is 6.54 Å². The summed E-state index contributed by atoms with van der Waals surface area (Å²) in [6, 6.07) is -3.37. The van der Waals surface area contributed by atoms with Crippen LogP contribution in [0.15, 0.2) is 12.2 Å². The Kier molecular flexibility index (Phi) is 19.1. The van der Waals surface area contributed by atoms with Crippen molar-refractivity contribution in [3.8, 4) is 0 Å². The molecule has 3 N–H and O–H groups in total. The summed E-state index contributed by atoms with van der Waals surface area (Å²) in [6.45, 7) is 6.73. The highest BCUT2D eigenvalue weighted by Gasteiger charge is 2.52. The summed E-state index contributed by atoms with van der Waals surface area (Å²) >= 11 is 0. The van der Waals surface area contributed by atoms with Crippen molar-refractivity contribution in [3.63, 3.8) is 0 Å². The van der Waals surface area contributed by atoms with Crippen LogP contribution in [-0.2, 0) is 14.4 Å². The Morgan fingerprint density at radius 1 is 0.556 bits per heavy atom. The average molecular weight is 513 g/mol. The van der Waals surface area contributed by atoms with Gasteiger partial charge in [0, 0.05) is 0 Å². The van der Waals surface area contributed by atoms with Crippen LogP contribution in [0.5, 0.6) is 0 Å². The SMILES string of the molecule is CCCCCC/C=C/CCCCCCCCCCCC[N+](C(C)C(=O)O)(C(C)C(=O)O)C(C)C(=O)O. The van der Waals surface area contributed by atoms with Gasteiger partial charge in [0.15, 0.2) is 18.1 Å². The van der Waals surface area contributed by atoms with Crippen molar-refractivity contribution in [1.29, 1.82) is 0 Å². The molecule has 0 aromatic heterocycles. The molecule has 0 aromatic rings. The number of hydrogen-bond acceptors (Lipinski definition) is 3. The third-order valence-electron chi connectivity index (χ3n) is 7.79. The number of carboxylic acid groups (broad SMARTS) is 3. The molecule has 0 aliphatic carbocycles. The maximum atomic E-state index is 11.8. The highest BCUT2D eigenvalue weighted by molar-refractivity contribution is 5.77. The number of carbonyl (C=O) groups is 3. The van der Waals surface area contributed by atoms with Crippen molar-refractivity contribution in [2.45, 2.75) is 149 Å². The Balaban J connectivity index is 4.21. The fourth-order valence-electron chi connectivity index (χ4n) is 5.19. The van der Waals surface area contributed by atoms with Crippen molar-refractivity contribution in [2.75, 3.05) is 6.54 Å². The minimum Gasteiger partial charge on any atom is -0.477 e. The summed E-state index contributed by atoms with van der Waals surface area (Å²) in [5, 5.41) is 28.9. The Hall–Kier alpha value is -1.89. The number of unbranched alkanes of at least 4 members (excludes halogenated alkanes) is 14. The van der Waals surface area contributed by atoms with Gasteiger partial charge in [0.05, 0.1) is 6.54 Å². The van der Waals surface area contributed by atoms with Crippen LogP contribution in [0, 0.1) is 0 Å². The number of aliphatic carboxylic acids is 3. The van der Waals surface area contributed by atoms with E-state index in [4.69, 9.17) is 0 Å². The monoisotopic (exact) mass is 512 g/mol. The zero-order valence-corrected chi connectivity index (χ0v) is 23.4. The molecule has 0 aliphatic heterocycles. The van der Waals surface area contributed by atoms with Gasteiger partial charge in [-0.15, -0.1) is 0 Å². The van der Waals surface area contributed by atoms with E-state index in [1.165, 1.54) is 97.8 Å². The highest BCUT2D eigenvalue weighted by atomic mass is 16.4. The highest BCUT2D eigenvalue weighted by Crippen LogP contribution is 2.27. The maximum Gasteiger partial charge on any atom is 0.362 e. The number of allylic oxidation sites excluding steroid dienone is 2. The minimum absolute atomic E-state index is 0.224. The lowest BCUT2D eigenvalue weighted by atomic mass is 10.00. The van der Waals surface area contributed by atoms with E-state index < -0.39 is 40.5 Å². The second kappa shape index (κ2) is 20.2. The third-order valence-corrected chi connectivity index (χ3v) is 7.79. The number of carboxylic acids is 3. The third kappa shape index (κ3) is 12.9. The fourth-order valence-corrected chi connectivity index (χ4v) is 5.19. The first-order chi connectivity index (χ1) is 17.1. The molecule has 0 spiro atoms. The Labute approximate surface area is 219 Å². The predicted octanol–water partition coefficient (Wildman–Crippen LogP) is 7.04. The predicted molar refractivity (Wildman–Crippen MR) is 145 cm³/mol. The van der Waals surface area contributed by atoms with Crippen LogP contribution in [0.4, 0.5) is 0 Å². The van der Waals surface area contributed by atoms with Gasteiger partial charge in [0.2, 0.25) is 0 Å². The normalized spacial score (nSPS) is 15.9. The summed E-state index contributed by atoms with van der Waals surface area (Å²) in [6.07, 6.45) is 23.4. The van der Waals surface area contributed by atoms with Crippen LogP contribution in [0.2, 0.25) is 0 Å². The zero-order valence-electron chi connectivity index (χ0n) is 23.4. The molecule has 36 heavy (non-hydrogen) atoms. The van der Waals surface area contributed by atoms with E-state index in [0.717, 1.165) is 19.3 Å². The van der Waals surface area contributed by atoms with E-state index in [1.54, 1.807) is 0 Å². The van der Waals surface area contributed by atoms with Crippen molar-refractivity contribution in [2.24, 2.45) is 0 Å². The van der Waals surface area contributed by atoms with Gasteiger partial charge >= 0.3 is 17.9 Å². The molecule has 0 heterocycles. The number of rotatable bonds is 24. The van der Waals surface area contributed by atoms with Crippen LogP contribution < -0.4 is 0 Å². The molecule has 7 nitrogen and oxygen atoms in total. The summed E-state index contributed by atoms with van der Waals surface area (Å²) in [4.78, 5) is 35.4. The van der Waals surface area contributed by atoms with E-state index in [1.807, 2.05) is 0 Å². The van der Waals surface area contributed by atoms with Crippen LogP contribution in [-0.4, -0.2) is 62.4 Å². The van der Waals surface area contributed by atoms with Crippen molar-refractivity contribution >= 4 is 17.9 Å². The molecule has 3 unspecified atom stereocenters. The molecule has 0 bridgehead atoms. The number of quaternary nitrogens is 1. The maximum absolute atomic E-state index is 11.8. The molecule has 0 aliphatic rings. The van der Waals surface area contributed by atoms with Crippen molar-refractivity contribution < 1.29 is 34.2 Å². The summed E-state index contributed by atoms with van der Waals surface area (Å²) in [5.74, 6) is -3.51. The molecule has 3 atom stereocenters. The molecule has 0 amide bonds. The molecule has 0 saturated heterocycles. The van der Waals surface area contributed by atoms with E-state index in [0.29, 0.717) is 6.42 Å². The van der Waals surface area contributed by atoms with Gasteiger partial charge in [-0.3, -0.25) is 4.48 Å². The Bertz CT molecular complexity index is 597. The van der Waals surface area contributed by atoms with Crippen LogP contribution >= 0.6 is 0 Å². The van der Waals surface area contributed by atoms with Gasteiger partial charge in [-0.05, 0) is 59.3 Å². The zero-order chi connectivity index (χ0) is 27.4. The Morgan fingerprint density at radius 3 is 1.19 bits per heavy atom.